The van der Waals surface area contributed by atoms with Gasteiger partial charge in [-0.15, -0.1) is 0 Å². The molecule has 0 saturated carbocycles. The second-order valence-corrected chi connectivity index (χ2v) is 7.04. The molecule has 0 aliphatic rings. The van der Waals surface area contributed by atoms with Crippen LogP contribution in [0.2, 0.25) is 0 Å². The number of fused-ring (bicyclic) bond motifs is 1. The molecular weight excluding hydrogens is 410 g/mol. The van der Waals surface area contributed by atoms with E-state index in [1.807, 2.05) is 55.5 Å². The standard InChI is InChI=1S/C23H23N5O4/c1-3-32-18-9-7-17(8-10-18)20-12-21-23(30)27(25-15-28(21)26-20)14-22(29)24-13-16-5-4-6-19(11-16)31-2/h4-12,15H,3,13-14H2,1-2H3,(H,24,29). The summed E-state index contributed by atoms with van der Waals surface area (Å²) in [6.45, 7) is 2.64. The molecule has 2 heterocycles. The van der Waals surface area contributed by atoms with E-state index < -0.39 is 5.56 Å². The largest absolute Gasteiger partial charge is 0.497 e. The lowest BCUT2D eigenvalue weighted by molar-refractivity contribution is -0.122. The van der Waals surface area contributed by atoms with Crippen molar-refractivity contribution in [3.63, 3.8) is 0 Å². The molecule has 4 aromatic rings. The zero-order valence-electron chi connectivity index (χ0n) is 17.8. The van der Waals surface area contributed by atoms with E-state index >= 15 is 0 Å². The van der Waals surface area contributed by atoms with E-state index in [1.54, 1.807) is 13.2 Å². The summed E-state index contributed by atoms with van der Waals surface area (Å²) in [5.41, 5.74) is 2.31. The van der Waals surface area contributed by atoms with Gasteiger partial charge < -0.3 is 14.8 Å². The average molecular weight is 433 g/mol. The number of nitrogens with one attached hydrogen (secondary N) is 1. The summed E-state index contributed by atoms with van der Waals surface area (Å²) in [5.74, 6) is 1.16. The second kappa shape index (κ2) is 9.34. The van der Waals surface area contributed by atoms with Crippen molar-refractivity contribution in [3.05, 3.63) is 76.8 Å². The van der Waals surface area contributed by atoms with Gasteiger partial charge in [0.1, 0.15) is 29.9 Å². The Morgan fingerprint density at radius 1 is 1.09 bits per heavy atom. The fourth-order valence-corrected chi connectivity index (χ4v) is 3.26. The predicted molar refractivity (Wildman–Crippen MR) is 119 cm³/mol. The molecule has 1 amide bonds. The first kappa shape index (κ1) is 21.1. The first-order valence-corrected chi connectivity index (χ1v) is 10.2. The molecule has 2 aromatic carbocycles. The maximum atomic E-state index is 12.8. The number of hydrogen-bond donors (Lipinski definition) is 1. The van der Waals surface area contributed by atoms with Crippen molar-refractivity contribution < 1.29 is 14.3 Å². The van der Waals surface area contributed by atoms with Crippen LogP contribution < -0.4 is 20.3 Å². The number of carbonyl (C=O) groups is 1. The third-order valence-electron chi connectivity index (χ3n) is 4.87. The zero-order valence-corrected chi connectivity index (χ0v) is 17.8. The van der Waals surface area contributed by atoms with Crippen molar-refractivity contribution in [1.82, 2.24) is 24.7 Å². The van der Waals surface area contributed by atoms with Crippen LogP contribution in [0.1, 0.15) is 12.5 Å². The summed E-state index contributed by atoms with van der Waals surface area (Å²) in [5, 5.41) is 11.3. The van der Waals surface area contributed by atoms with Gasteiger partial charge >= 0.3 is 0 Å². The molecule has 0 atom stereocenters. The summed E-state index contributed by atoms with van der Waals surface area (Å²) in [7, 11) is 1.59. The maximum absolute atomic E-state index is 12.8. The zero-order chi connectivity index (χ0) is 22.5. The molecule has 0 spiro atoms. The van der Waals surface area contributed by atoms with Gasteiger partial charge in [0.2, 0.25) is 5.91 Å². The molecule has 0 radical (unpaired) electrons. The van der Waals surface area contributed by atoms with Crippen LogP contribution in [0.25, 0.3) is 16.8 Å². The highest BCUT2D eigenvalue weighted by Crippen LogP contribution is 2.21. The molecular formula is C23H23N5O4. The molecule has 164 valence electrons. The first-order chi connectivity index (χ1) is 15.6. The molecule has 2 aromatic heterocycles. The smallest absolute Gasteiger partial charge is 0.293 e. The summed E-state index contributed by atoms with van der Waals surface area (Å²) in [6, 6.07) is 16.6. The van der Waals surface area contributed by atoms with Crippen LogP contribution in [0, 0.1) is 0 Å². The molecule has 9 nitrogen and oxygen atoms in total. The Morgan fingerprint density at radius 2 is 1.91 bits per heavy atom. The molecule has 0 unspecified atom stereocenters. The molecule has 0 saturated heterocycles. The number of benzene rings is 2. The van der Waals surface area contributed by atoms with E-state index in [4.69, 9.17) is 9.47 Å². The Labute approximate surface area is 184 Å². The number of rotatable bonds is 8. The lowest BCUT2D eigenvalue weighted by Gasteiger charge is -2.08. The minimum atomic E-state index is -0.395. The lowest BCUT2D eigenvalue weighted by atomic mass is 10.1. The second-order valence-electron chi connectivity index (χ2n) is 7.04. The fraction of sp³-hybridized carbons (Fsp3) is 0.217. The van der Waals surface area contributed by atoms with Crippen LogP contribution >= 0.6 is 0 Å². The first-order valence-electron chi connectivity index (χ1n) is 10.2. The summed E-state index contributed by atoms with van der Waals surface area (Å²) in [4.78, 5) is 25.2. The van der Waals surface area contributed by atoms with Crippen LogP contribution in [0.15, 0.2) is 65.7 Å². The van der Waals surface area contributed by atoms with Gasteiger partial charge in [-0.3, -0.25) is 9.59 Å². The normalized spacial score (nSPS) is 10.8. The van der Waals surface area contributed by atoms with Gasteiger partial charge in [-0.05, 0) is 55.0 Å². The summed E-state index contributed by atoms with van der Waals surface area (Å²) in [6.07, 6.45) is 1.42. The van der Waals surface area contributed by atoms with Crippen molar-refractivity contribution in [2.24, 2.45) is 0 Å². The Hall–Kier alpha value is -4.14. The molecule has 9 heteroatoms. The number of hydrogen-bond acceptors (Lipinski definition) is 6. The molecule has 0 fully saturated rings. The van der Waals surface area contributed by atoms with Crippen LogP contribution in [-0.4, -0.2) is 39.0 Å². The van der Waals surface area contributed by atoms with E-state index in [0.29, 0.717) is 30.1 Å². The van der Waals surface area contributed by atoms with Crippen molar-refractivity contribution in [2.45, 2.75) is 20.0 Å². The third-order valence-corrected chi connectivity index (χ3v) is 4.87. The van der Waals surface area contributed by atoms with Crippen molar-refractivity contribution in [2.75, 3.05) is 13.7 Å². The highest BCUT2D eigenvalue weighted by atomic mass is 16.5. The minimum absolute atomic E-state index is 0.192. The summed E-state index contributed by atoms with van der Waals surface area (Å²) >= 11 is 0. The van der Waals surface area contributed by atoms with Gasteiger partial charge in [0.15, 0.2) is 0 Å². The number of carbonyl (C=O) groups excluding carboxylic acids is 1. The van der Waals surface area contributed by atoms with Crippen LogP contribution in [0.5, 0.6) is 11.5 Å². The van der Waals surface area contributed by atoms with Crippen LogP contribution in [0.4, 0.5) is 0 Å². The molecule has 0 bridgehead atoms. The third kappa shape index (κ3) is 4.61. The van der Waals surface area contributed by atoms with Crippen molar-refractivity contribution >= 4 is 11.4 Å². The molecule has 0 aliphatic carbocycles. The van der Waals surface area contributed by atoms with E-state index in [1.165, 1.54) is 10.8 Å². The fourth-order valence-electron chi connectivity index (χ4n) is 3.26. The van der Waals surface area contributed by atoms with Gasteiger partial charge in [0.25, 0.3) is 5.56 Å². The maximum Gasteiger partial charge on any atom is 0.293 e. The molecule has 0 aliphatic heterocycles. The number of amides is 1. The Bertz CT molecular complexity index is 1290. The topological polar surface area (TPSA) is 99.8 Å². The van der Waals surface area contributed by atoms with E-state index in [-0.39, 0.29) is 12.5 Å². The SMILES string of the molecule is CCOc1ccc(-c2cc3c(=O)n(CC(=O)NCc4cccc(OC)c4)ncn3n2)cc1. The van der Waals surface area contributed by atoms with Gasteiger partial charge in [0.05, 0.1) is 19.4 Å². The highest BCUT2D eigenvalue weighted by molar-refractivity contribution is 5.75. The monoisotopic (exact) mass is 433 g/mol. The average Bonchev–Trinajstić information content (AvgIpc) is 3.26. The molecule has 1 N–H and O–H groups in total. The molecule has 4 rings (SSSR count). The predicted octanol–water partition coefficient (Wildman–Crippen LogP) is 2.28. The van der Waals surface area contributed by atoms with Gasteiger partial charge in [-0.2, -0.15) is 10.2 Å². The number of aromatic nitrogens is 4. The van der Waals surface area contributed by atoms with Crippen molar-refractivity contribution in [1.29, 1.82) is 0 Å². The van der Waals surface area contributed by atoms with Gasteiger partial charge in [0, 0.05) is 12.1 Å². The number of nitrogens with zero attached hydrogens (tertiary/aromatic N) is 4. The van der Waals surface area contributed by atoms with E-state index in [9.17, 15) is 9.59 Å². The van der Waals surface area contributed by atoms with Gasteiger partial charge in [-0.1, -0.05) is 12.1 Å². The quantitative estimate of drug-likeness (QED) is 0.458. The highest BCUT2D eigenvalue weighted by Gasteiger charge is 2.12. The number of ether oxygens (including phenoxy) is 2. The van der Waals surface area contributed by atoms with E-state index in [0.717, 1.165) is 21.6 Å². The molecule has 32 heavy (non-hydrogen) atoms. The Kier molecular flexibility index (Phi) is 6.16. The summed E-state index contributed by atoms with van der Waals surface area (Å²) < 4.78 is 13.2. The Morgan fingerprint density at radius 3 is 2.66 bits per heavy atom. The van der Waals surface area contributed by atoms with Gasteiger partial charge in [-0.25, -0.2) is 9.20 Å². The Balaban J connectivity index is 1.48. The minimum Gasteiger partial charge on any atom is -0.497 e. The van der Waals surface area contributed by atoms with Crippen LogP contribution in [-0.2, 0) is 17.9 Å². The van der Waals surface area contributed by atoms with Crippen molar-refractivity contribution in [3.8, 4) is 22.8 Å². The van der Waals surface area contributed by atoms with Crippen LogP contribution in [0.3, 0.4) is 0 Å². The van der Waals surface area contributed by atoms with E-state index in [2.05, 4.69) is 15.5 Å². The number of methoxy groups -OCH3 is 1. The lowest BCUT2D eigenvalue weighted by Crippen LogP contribution is -2.34.